The summed E-state index contributed by atoms with van der Waals surface area (Å²) in [7, 11) is 0. The summed E-state index contributed by atoms with van der Waals surface area (Å²) in [6.07, 6.45) is 0. The van der Waals surface area contributed by atoms with E-state index in [0.717, 1.165) is 11.1 Å². The Kier molecular flexibility index (Phi) is 1.62. The topological polar surface area (TPSA) is 0 Å². The smallest absolute Gasteiger partial charge is 0.0280 e. The first-order valence-electron chi connectivity index (χ1n) is 6.15. The first-order chi connectivity index (χ1) is 7.03. The lowest BCUT2D eigenvalue weighted by atomic mass is 9.80. The number of rotatable bonds is 0. The molecule has 0 aliphatic carbocycles. The highest BCUT2D eigenvalue weighted by molar-refractivity contribution is 5.41. The van der Waals surface area contributed by atoms with Crippen LogP contribution < -0.4 is 0 Å². The molecule has 0 unspecified atom stereocenters. The second kappa shape index (κ2) is 3.17. The highest BCUT2D eigenvalue weighted by atomic mass is 14.2. The van der Waals surface area contributed by atoms with Crippen LogP contribution in [0, 0.1) is 20.7 Å². The van der Waals surface area contributed by atoms with Crippen molar-refractivity contribution in [3.05, 3.63) is 34.4 Å². The molecule has 0 saturated heterocycles. The summed E-state index contributed by atoms with van der Waals surface area (Å²) in [6.45, 7) is 8.42. The van der Waals surface area contributed by atoms with Crippen LogP contribution in [0.4, 0.5) is 0 Å². The van der Waals surface area contributed by atoms with Crippen molar-refractivity contribution >= 4 is 0 Å². The zero-order chi connectivity index (χ0) is 12.7. The van der Waals surface area contributed by atoms with E-state index in [1.165, 1.54) is 5.56 Å². The van der Waals surface area contributed by atoms with E-state index in [1.54, 1.807) is 12.1 Å². The summed E-state index contributed by atoms with van der Waals surface area (Å²) in [6, 6.07) is 3.58. The molecule has 0 fully saturated rings. The molecule has 1 rings (SSSR count). The number of aryl methyl sites for hydroxylation is 3. The fourth-order valence-corrected chi connectivity index (χ4v) is 2.15. The molecule has 0 nitrogen and oxygen atoms in total. The van der Waals surface area contributed by atoms with Gasteiger partial charge in [-0.05, 0) is 42.8 Å². The number of hydrogen-bond acceptors (Lipinski definition) is 0. The third-order valence-corrected chi connectivity index (χ3v) is 2.28. The van der Waals surface area contributed by atoms with Gasteiger partial charge in [0.2, 0.25) is 0 Å². The van der Waals surface area contributed by atoms with Gasteiger partial charge in [-0.3, -0.25) is 0 Å². The SMILES string of the molecule is [2H]C([2H])([2H])c1cc(C)c(C(C)(C)C)c(C)c1. The Morgan fingerprint density at radius 2 is 1.54 bits per heavy atom. The Bertz CT molecular complexity index is 372. The minimum absolute atomic E-state index is 0.0570. The van der Waals surface area contributed by atoms with Gasteiger partial charge in [0.15, 0.2) is 0 Å². The predicted molar refractivity (Wildman–Crippen MR) is 59.4 cm³/mol. The molecular weight excluding hydrogens is 156 g/mol. The Balaban J connectivity index is 3.41. The van der Waals surface area contributed by atoms with Gasteiger partial charge in [-0.2, -0.15) is 0 Å². The van der Waals surface area contributed by atoms with Crippen molar-refractivity contribution in [2.75, 3.05) is 0 Å². The zero-order valence-corrected chi connectivity index (χ0v) is 9.15. The molecule has 0 aromatic heterocycles. The van der Waals surface area contributed by atoms with Gasteiger partial charge in [0.05, 0.1) is 0 Å². The standard InChI is InChI=1S/C13H20/c1-9-7-10(2)12(11(3)8-9)13(4,5)6/h7-8H,1-6H3/i1D3. The fourth-order valence-electron chi connectivity index (χ4n) is 2.15. The van der Waals surface area contributed by atoms with E-state index in [0.29, 0.717) is 5.56 Å². The maximum absolute atomic E-state index is 7.43. The lowest BCUT2D eigenvalue weighted by Crippen LogP contribution is -2.15. The van der Waals surface area contributed by atoms with Gasteiger partial charge in [-0.1, -0.05) is 38.5 Å². The van der Waals surface area contributed by atoms with Crippen molar-refractivity contribution in [2.24, 2.45) is 0 Å². The molecular formula is C13H20. The summed E-state index contributed by atoms with van der Waals surface area (Å²) < 4.78 is 22.3. The Labute approximate surface area is 86.2 Å². The van der Waals surface area contributed by atoms with E-state index in [4.69, 9.17) is 4.11 Å². The lowest BCUT2D eigenvalue weighted by Gasteiger charge is -2.24. The monoisotopic (exact) mass is 179 g/mol. The minimum Gasteiger partial charge on any atom is -0.0561 e. The van der Waals surface area contributed by atoms with Crippen LogP contribution >= 0.6 is 0 Å². The number of hydrogen-bond donors (Lipinski definition) is 0. The molecule has 1 aromatic rings. The van der Waals surface area contributed by atoms with Crippen molar-refractivity contribution in [3.63, 3.8) is 0 Å². The molecule has 13 heavy (non-hydrogen) atoms. The third-order valence-electron chi connectivity index (χ3n) is 2.28. The van der Waals surface area contributed by atoms with Gasteiger partial charge >= 0.3 is 0 Å². The quantitative estimate of drug-likeness (QED) is 0.566. The molecule has 1 aromatic carbocycles. The van der Waals surface area contributed by atoms with Crippen LogP contribution in [0.2, 0.25) is 0 Å². The van der Waals surface area contributed by atoms with Crippen LogP contribution in [0.5, 0.6) is 0 Å². The summed E-state index contributed by atoms with van der Waals surface area (Å²) in [5, 5.41) is 0. The average Bonchev–Trinajstić information content (AvgIpc) is 1.97. The van der Waals surface area contributed by atoms with E-state index in [9.17, 15) is 0 Å². The van der Waals surface area contributed by atoms with Gasteiger partial charge in [0.1, 0.15) is 0 Å². The van der Waals surface area contributed by atoms with Crippen LogP contribution in [-0.2, 0) is 5.41 Å². The van der Waals surface area contributed by atoms with Gasteiger partial charge in [-0.15, -0.1) is 0 Å². The molecule has 0 atom stereocenters. The average molecular weight is 179 g/mol. The zero-order valence-electron chi connectivity index (χ0n) is 12.2. The van der Waals surface area contributed by atoms with Crippen molar-refractivity contribution in [1.82, 2.24) is 0 Å². The largest absolute Gasteiger partial charge is 0.0561 e. The molecule has 0 aliphatic rings. The summed E-state index contributed by atoms with van der Waals surface area (Å²) in [5.41, 5.74) is 3.88. The van der Waals surface area contributed by atoms with Gasteiger partial charge < -0.3 is 0 Å². The van der Waals surface area contributed by atoms with Gasteiger partial charge in [0.25, 0.3) is 0 Å². The Morgan fingerprint density at radius 1 is 1.08 bits per heavy atom. The Morgan fingerprint density at radius 3 is 1.85 bits per heavy atom. The first-order valence-corrected chi connectivity index (χ1v) is 4.65. The molecule has 0 amide bonds. The van der Waals surface area contributed by atoms with Crippen molar-refractivity contribution in [3.8, 4) is 0 Å². The van der Waals surface area contributed by atoms with E-state index in [1.807, 2.05) is 13.8 Å². The minimum atomic E-state index is -2.01. The van der Waals surface area contributed by atoms with E-state index < -0.39 is 6.85 Å². The fraction of sp³-hybridized carbons (Fsp3) is 0.538. The third kappa shape index (κ3) is 2.12. The summed E-state index contributed by atoms with van der Waals surface area (Å²) in [5.74, 6) is 0. The van der Waals surface area contributed by atoms with E-state index >= 15 is 0 Å². The highest BCUT2D eigenvalue weighted by Crippen LogP contribution is 2.29. The molecule has 0 aliphatic heterocycles. The molecule has 0 radical (unpaired) electrons. The van der Waals surface area contributed by atoms with Crippen LogP contribution in [0.1, 0.15) is 47.1 Å². The lowest BCUT2D eigenvalue weighted by molar-refractivity contribution is 0.581. The molecule has 0 saturated carbocycles. The van der Waals surface area contributed by atoms with Crippen LogP contribution in [0.25, 0.3) is 0 Å². The molecule has 0 spiro atoms. The summed E-state index contributed by atoms with van der Waals surface area (Å²) >= 11 is 0. The normalized spacial score (nSPS) is 16.2. The highest BCUT2D eigenvalue weighted by Gasteiger charge is 2.18. The van der Waals surface area contributed by atoms with Crippen LogP contribution in [0.3, 0.4) is 0 Å². The van der Waals surface area contributed by atoms with Gasteiger partial charge in [0, 0.05) is 4.11 Å². The first kappa shape index (κ1) is 6.64. The summed E-state index contributed by atoms with van der Waals surface area (Å²) in [4.78, 5) is 0. The Hall–Kier alpha value is -0.780. The van der Waals surface area contributed by atoms with Crippen molar-refractivity contribution < 1.29 is 4.11 Å². The molecule has 72 valence electrons. The van der Waals surface area contributed by atoms with E-state index in [2.05, 4.69) is 20.8 Å². The van der Waals surface area contributed by atoms with Crippen molar-refractivity contribution in [1.29, 1.82) is 0 Å². The predicted octanol–water partition coefficient (Wildman–Crippen LogP) is 3.91. The molecule has 0 bridgehead atoms. The number of benzene rings is 1. The maximum atomic E-state index is 7.43. The maximum Gasteiger partial charge on any atom is 0.0280 e. The van der Waals surface area contributed by atoms with Crippen molar-refractivity contribution in [2.45, 2.75) is 46.9 Å². The molecule has 0 N–H and O–H groups in total. The van der Waals surface area contributed by atoms with Crippen LogP contribution in [-0.4, -0.2) is 0 Å². The van der Waals surface area contributed by atoms with Crippen LogP contribution in [0.15, 0.2) is 12.1 Å². The second-order valence-electron chi connectivity index (χ2n) is 4.74. The van der Waals surface area contributed by atoms with E-state index in [-0.39, 0.29) is 5.41 Å². The molecule has 0 heteroatoms. The molecule has 0 heterocycles. The second-order valence-corrected chi connectivity index (χ2v) is 4.74. The van der Waals surface area contributed by atoms with Gasteiger partial charge in [-0.25, -0.2) is 0 Å².